The smallest absolute Gasteiger partial charge is 0.269 e. The van der Waals surface area contributed by atoms with E-state index in [9.17, 15) is 15.2 Å². The van der Waals surface area contributed by atoms with E-state index in [2.05, 4.69) is 4.90 Å². The maximum Gasteiger partial charge on any atom is 0.269 e. The van der Waals surface area contributed by atoms with Crippen LogP contribution in [0.4, 0.5) is 5.69 Å². The Hall–Kier alpha value is -2.28. The average Bonchev–Trinajstić information content (AvgIpc) is 2.67. The number of benzene rings is 2. The van der Waals surface area contributed by atoms with Gasteiger partial charge in [-0.2, -0.15) is 0 Å². The van der Waals surface area contributed by atoms with E-state index >= 15 is 0 Å². The van der Waals surface area contributed by atoms with E-state index in [0.29, 0.717) is 6.42 Å². The SMILES string of the molecule is CC(O)(CCN1CCOCC1)c1ccc(-c2ccc([N+](=O)[O-])cc2)cc1. The van der Waals surface area contributed by atoms with E-state index < -0.39 is 10.5 Å². The summed E-state index contributed by atoms with van der Waals surface area (Å²) in [6.07, 6.45) is 0.657. The first-order chi connectivity index (χ1) is 12.5. The van der Waals surface area contributed by atoms with Crippen LogP contribution < -0.4 is 0 Å². The third-order valence-electron chi connectivity index (χ3n) is 4.94. The molecule has 0 radical (unpaired) electrons. The monoisotopic (exact) mass is 356 g/mol. The van der Waals surface area contributed by atoms with Gasteiger partial charge in [0.05, 0.1) is 23.7 Å². The van der Waals surface area contributed by atoms with E-state index in [4.69, 9.17) is 4.74 Å². The fourth-order valence-electron chi connectivity index (χ4n) is 3.14. The zero-order valence-electron chi connectivity index (χ0n) is 14.9. The highest BCUT2D eigenvalue weighted by Crippen LogP contribution is 2.28. The molecule has 26 heavy (non-hydrogen) atoms. The summed E-state index contributed by atoms with van der Waals surface area (Å²) in [5, 5.41) is 21.6. The predicted octanol–water partition coefficient (Wildman–Crippen LogP) is 3.19. The van der Waals surface area contributed by atoms with Crippen molar-refractivity contribution in [3.8, 4) is 11.1 Å². The van der Waals surface area contributed by atoms with Crippen molar-refractivity contribution < 1.29 is 14.8 Å². The summed E-state index contributed by atoms with van der Waals surface area (Å²) >= 11 is 0. The second-order valence-electron chi connectivity index (χ2n) is 6.86. The van der Waals surface area contributed by atoms with Crippen LogP contribution in [-0.2, 0) is 10.3 Å². The highest BCUT2D eigenvalue weighted by molar-refractivity contribution is 5.65. The maximum absolute atomic E-state index is 10.8. The van der Waals surface area contributed by atoms with Crippen molar-refractivity contribution in [3.63, 3.8) is 0 Å². The minimum atomic E-state index is -0.897. The number of ether oxygens (including phenoxy) is 1. The van der Waals surface area contributed by atoms with Gasteiger partial charge in [-0.1, -0.05) is 24.3 Å². The van der Waals surface area contributed by atoms with E-state index in [1.54, 1.807) is 12.1 Å². The number of rotatable bonds is 6. The van der Waals surface area contributed by atoms with Crippen LogP contribution in [0.25, 0.3) is 11.1 Å². The molecule has 1 atom stereocenters. The molecule has 0 aliphatic carbocycles. The number of aliphatic hydroxyl groups is 1. The molecule has 2 aromatic carbocycles. The first-order valence-electron chi connectivity index (χ1n) is 8.83. The number of hydrogen-bond donors (Lipinski definition) is 1. The first-order valence-corrected chi connectivity index (χ1v) is 8.83. The van der Waals surface area contributed by atoms with Gasteiger partial charge in [0.15, 0.2) is 0 Å². The van der Waals surface area contributed by atoms with E-state index in [1.807, 2.05) is 31.2 Å². The normalized spacial score (nSPS) is 17.6. The molecule has 1 aliphatic heterocycles. The molecule has 0 saturated carbocycles. The third-order valence-corrected chi connectivity index (χ3v) is 4.94. The zero-order valence-corrected chi connectivity index (χ0v) is 14.9. The Kier molecular flexibility index (Phi) is 5.66. The minimum Gasteiger partial charge on any atom is -0.385 e. The summed E-state index contributed by atoms with van der Waals surface area (Å²) < 4.78 is 5.35. The topological polar surface area (TPSA) is 75.8 Å². The summed E-state index contributed by atoms with van der Waals surface area (Å²) in [5.41, 5.74) is 1.93. The van der Waals surface area contributed by atoms with Gasteiger partial charge in [-0.05, 0) is 42.2 Å². The summed E-state index contributed by atoms with van der Waals surface area (Å²) in [7, 11) is 0. The van der Waals surface area contributed by atoms with Crippen LogP contribution in [0.15, 0.2) is 48.5 Å². The van der Waals surface area contributed by atoms with Crippen LogP contribution in [0.3, 0.4) is 0 Å². The molecule has 1 saturated heterocycles. The van der Waals surface area contributed by atoms with Gasteiger partial charge in [0.1, 0.15) is 0 Å². The molecule has 138 valence electrons. The van der Waals surface area contributed by atoms with Crippen molar-refractivity contribution in [2.75, 3.05) is 32.8 Å². The van der Waals surface area contributed by atoms with E-state index in [1.165, 1.54) is 12.1 Å². The molecule has 1 aliphatic rings. The second-order valence-corrected chi connectivity index (χ2v) is 6.86. The molecule has 1 heterocycles. The van der Waals surface area contributed by atoms with E-state index in [-0.39, 0.29) is 5.69 Å². The van der Waals surface area contributed by atoms with Gasteiger partial charge in [-0.15, -0.1) is 0 Å². The van der Waals surface area contributed by atoms with Gasteiger partial charge >= 0.3 is 0 Å². The zero-order chi connectivity index (χ0) is 18.6. The second kappa shape index (κ2) is 7.95. The molecule has 3 rings (SSSR count). The molecule has 0 spiro atoms. The van der Waals surface area contributed by atoms with Crippen molar-refractivity contribution in [2.45, 2.75) is 18.9 Å². The fourth-order valence-corrected chi connectivity index (χ4v) is 3.14. The Morgan fingerprint density at radius 3 is 2.15 bits per heavy atom. The summed E-state index contributed by atoms with van der Waals surface area (Å²) in [6, 6.07) is 14.2. The summed E-state index contributed by atoms with van der Waals surface area (Å²) in [5.74, 6) is 0. The Balaban J connectivity index is 1.66. The minimum absolute atomic E-state index is 0.0800. The average molecular weight is 356 g/mol. The Morgan fingerprint density at radius 1 is 1.08 bits per heavy atom. The Morgan fingerprint density at radius 2 is 1.62 bits per heavy atom. The lowest BCUT2D eigenvalue weighted by Crippen LogP contribution is -2.39. The highest BCUT2D eigenvalue weighted by Gasteiger charge is 2.24. The standard InChI is InChI=1S/C20H24N2O4/c1-20(23,10-11-21-12-14-26-15-13-21)18-6-2-16(3-7-18)17-4-8-19(9-5-17)22(24)25/h2-9,23H,10-15H2,1H3. The molecular formula is C20H24N2O4. The molecule has 1 fully saturated rings. The van der Waals surface area contributed by atoms with Gasteiger partial charge in [0.25, 0.3) is 5.69 Å². The molecule has 0 bridgehead atoms. The van der Waals surface area contributed by atoms with Crippen molar-refractivity contribution in [1.29, 1.82) is 0 Å². The first kappa shape index (κ1) is 18.5. The molecule has 1 N–H and O–H groups in total. The van der Waals surface area contributed by atoms with Gasteiger partial charge in [-0.25, -0.2) is 0 Å². The Bertz CT molecular complexity index is 735. The lowest BCUT2D eigenvalue weighted by Gasteiger charge is -2.31. The van der Waals surface area contributed by atoms with Crippen molar-refractivity contribution in [3.05, 3.63) is 64.2 Å². The summed E-state index contributed by atoms with van der Waals surface area (Å²) in [4.78, 5) is 12.7. The molecule has 6 nitrogen and oxygen atoms in total. The summed E-state index contributed by atoms with van der Waals surface area (Å²) in [6.45, 7) is 6.01. The third kappa shape index (κ3) is 4.46. The van der Waals surface area contributed by atoms with Crippen molar-refractivity contribution in [2.24, 2.45) is 0 Å². The lowest BCUT2D eigenvalue weighted by atomic mass is 9.90. The number of morpholine rings is 1. The van der Waals surface area contributed by atoms with Crippen LogP contribution in [0.1, 0.15) is 18.9 Å². The van der Waals surface area contributed by atoms with Gasteiger partial charge < -0.3 is 9.84 Å². The number of hydrogen-bond acceptors (Lipinski definition) is 5. The van der Waals surface area contributed by atoms with Crippen LogP contribution in [0.2, 0.25) is 0 Å². The van der Waals surface area contributed by atoms with E-state index in [0.717, 1.165) is 49.5 Å². The van der Waals surface area contributed by atoms with Crippen molar-refractivity contribution in [1.82, 2.24) is 4.90 Å². The molecule has 1 unspecified atom stereocenters. The van der Waals surface area contributed by atoms with Crippen molar-refractivity contribution >= 4 is 5.69 Å². The van der Waals surface area contributed by atoms with Gasteiger partial charge in [0, 0.05) is 31.8 Å². The predicted molar refractivity (Wildman–Crippen MR) is 100.0 cm³/mol. The highest BCUT2D eigenvalue weighted by atomic mass is 16.6. The maximum atomic E-state index is 10.8. The largest absolute Gasteiger partial charge is 0.385 e. The molecule has 6 heteroatoms. The van der Waals surface area contributed by atoms with Crippen LogP contribution in [-0.4, -0.2) is 47.8 Å². The van der Waals surface area contributed by atoms with Gasteiger partial charge in [-0.3, -0.25) is 15.0 Å². The lowest BCUT2D eigenvalue weighted by molar-refractivity contribution is -0.384. The van der Waals surface area contributed by atoms with Crippen LogP contribution >= 0.6 is 0 Å². The van der Waals surface area contributed by atoms with Gasteiger partial charge in [0.2, 0.25) is 0 Å². The fraction of sp³-hybridized carbons (Fsp3) is 0.400. The number of nitrogens with zero attached hydrogens (tertiary/aromatic N) is 2. The number of non-ortho nitro benzene ring substituents is 1. The Labute approximate surface area is 153 Å². The molecule has 2 aromatic rings. The molecular weight excluding hydrogens is 332 g/mol. The quantitative estimate of drug-likeness (QED) is 0.635. The number of nitro benzene ring substituents is 1. The van der Waals surface area contributed by atoms with Crippen LogP contribution in [0.5, 0.6) is 0 Å². The van der Waals surface area contributed by atoms with Crippen LogP contribution in [0, 0.1) is 10.1 Å². The number of nitro groups is 1. The molecule has 0 aromatic heterocycles. The molecule has 0 amide bonds.